The van der Waals surface area contributed by atoms with Gasteiger partial charge in [0.15, 0.2) is 5.65 Å². The van der Waals surface area contributed by atoms with E-state index in [4.69, 9.17) is 0 Å². The highest BCUT2D eigenvalue weighted by Gasteiger charge is 2.22. The molecule has 1 aromatic carbocycles. The zero-order valence-electron chi connectivity index (χ0n) is 13.1. The van der Waals surface area contributed by atoms with Gasteiger partial charge < -0.3 is 4.90 Å². The minimum absolute atomic E-state index is 0.0341. The van der Waals surface area contributed by atoms with E-state index in [0.29, 0.717) is 6.54 Å². The van der Waals surface area contributed by atoms with Gasteiger partial charge in [0.05, 0.1) is 23.9 Å². The maximum Gasteiger partial charge on any atom is 0.157 e. The van der Waals surface area contributed by atoms with Crippen LogP contribution in [-0.4, -0.2) is 27.7 Å². The van der Waals surface area contributed by atoms with Crippen molar-refractivity contribution in [2.24, 2.45) is 5.92 Å². The first-order valence-corrected chi connectivity index (χ1v) is 8.00. The summed E-state index contributed by atoms with van der Waals surface area (Å²) in [4.78, 5) is 6.80. The summed E-state index contributed by atoms with van der Waals surface area (Å²) >= 11 is 0. The van der Waals surface area contributed by atoms with Crippen molar-refractivity contribution in [2.75, 3.05) is 18.0 Å². The maximum absolute atomic E-state index is 13.2. The molecule has 0 N–H and O–H groups in total. The molecular weight excluding hydrogens is 305 g/mol. The van der Waals surface area contributed by atoms with Crippen LogP contribution in [0, 0.1) is 23.1 Å². The summed E-state index contributed by atoms with van der Waals surface area (Å²) in [5.74, 6) is 0.688. The number of nitriles is 1. The molecule has 0 bridgehead atoms. The Morgan fingerprint density at radius 1 is 1.21 bits per heavy atom. The molecule has 120 valence electrons. The third-order valence-electron chi connectivity index (χ3n) is 4.41. The minimum atomic E-state index is -0.266. The highest BCUT2D eigenvalue weighted by atomic mass is 19.1. The largest absolute Gasteiger partial charge is 0.355 e. The third kappa shape index (κ3) is 2.58. The molecular formula is C18H16FN5. The van der Waals surface area contributed by atoms with Crippen molar-refractivity contribution in [1.82, 2.24) is 14.6 Å². The molecule has 4 rings (SSSR count). The Balaban J connectivity index is 1.81. The van der Waals surface area contributed by atoms with Crippen molar-refractivity contribution in [3.05, 3.63) is 48.4 Å². The maximum atomic E-state index is 13.2. The van der Waals surface area contributed by atoms with Crippen molar-refractivity contribution in [3.63, 3.8) is 0 Å². The van der Waals surface area contributed by atoms with Gasteiger partial charge in [-0.25, -0.2) is 9.37 Å². The quantitative estimate of drug-likeness (QED) is 0.727. The van der Waals surface area contributed by atoms with Gasteiger partial charge in [-0.05, 0) is 37.1 Å². The van der Waals surface area contributed by atoms with Crippen LogP contribution in [0.15, 0.2) is 42.6 Å². The van der Waals surface area contributed by atoms with Crippen molar-refractivity contribution in [1.29, 1.82) is 5.26 Å². The molecule has 0 saturated carbocycles. The van der Waals surface area contributed by atoms with Gasteiger partial charge in [0.2, 0.25) is 0 Å². The number of rotatable bonds is 2. The summed E-state index contributed by atoms with van der Waals surface area (Å²) in [6.07, 6.45) is 3.63. The molecule has 3 heterocycles. The van der Waals surface area contributed by atoms with E-state index in [1.807, 2.05) is 12.1 Å². The number of hydrogen-bond acceptors (Lipinski definition) is 4. The predicted molar refractivity (Wildman–Crippen MR) is 88.9 cm³/mol. The van der Waals surface area contributed by atoms with E-state index in [2.05, 4.69) is 21.1 Å². The summed E-state index contributed by atoms with van der Waals surface area (Å²) in [5, 5.41) is 13.6. The standard InChI is InChI=1S/C18H16FN5/c19-15-5-3-14(4-6-15)16-10-18(24-17(22-16)7-8-21-24)23-9-1-2-13(11-20)12-23/h3-8,10,13H,1-2,9,12H2/t13-/m0/s1. The van der Waals surface area contributed by atoms with Gasteiger partial charge in [-0.15, -0.1) is 0 Å². The van der Waals surface area contributed by atoms with Gasteiger partial charge in [0, 0.05) is 30.8 Å². The fraction of sp³-hybridized carbons (Fsp3) is 0.278. The highest BCUT2D eigenvalue weighted by Crippen LogP contribution is 2.27. The lowest BCUT2D eigenvalue weighted by atomic mass is 9.99. The highest BCUT2D eigenvalue weighted by molar-refractivity contribution is 5.67. The predicted octanol–water partition coefficient (Wildman–Crippen LogP) is 3.28. The van der Waals surface area contributed by atoms with Crippen LogP contribution in [0.5, 0.6) is 0 Å². The number of anilines is 1. The SMILES string of the molecule is N#C[C@@H]1CCCN(c2cc(-c3ccc(F)cc3)nc3ccnn23)C1. The molecule has 0 radical (unpaired) electrons. The average molecular weight is 321 g/mol. The summed E-state index contributed by atoms with van der Waals surface area (Å²) in [7, 11) is 0. The zero-order valence-corrected chi connectivity index (χ0v) is 13.1. The average Bonchev–Trinajstić information content (AvgIpc) is 3.10. The smallest absolute Gasteiger partial charge is 0.157 e. The van der Waals surface area contributed by atoms with Crippen molar-refractivity contribution in [2.45, 2.75) is 12.8 Å². The summed E-state index contributed by atoms with van der Waals surface area (Å²) in [6, 6.07) is 12.5. The number of halogens is 1. The first kappa shape index (κ1) is 14.6. The Kier molecular flexibility index (Phi) is 3.62. The van der Waals surface area contributed by atoms with Gasteiger partial charge in [0.1, 0.15) is 11.6 Å². The van der Waals surface area contributed by atoms with E-state index in [1.165, 1.54) is 12.1 Å². The molecule has 1 atom stereocenters. The Bertz CT molecular complexity index is 909. The van der Waals surface area contributed by atoms with Gasteiger partial charge in [0.25, 0.3) is 0 Å². The van der Waals surface area contributed by atoms with Crippen LogP contribution in [0.4, 0.5) is 10.2 Å². The Morgan fingerprint density at radius 2 is 2.04 bits per heavy atom. The van der Waals surface area contributed by atoms with Crippen LogP contribution in [0.25, 0.3) is 16.9 Å². The van der Waals surface area contributed by atoms with E-state index in [0.717, 1.165) is 42.1 Å². The van der Waals surface area contributed by atoms with E-state index in [9.17, 15) is 9.65 Å². The van der Waals surface area contributed by atoms with Gasteiger partial charge >= 0.3 is 0 Å². The number of hydrogen-bond donors (Lipinski definition) is 0. The molecule has 2 aromatic heterocycles. The second-order valence-corrected chi connectivity index (χ2v) is 6.02. The Morgan fingerprint density at radius 3 is 2.83 bits per heavy atom. The van der Waals surface area contributed by atoms with Crippen molar-refractivity contribution >= 4 is 11.5 Å². The van der Waals surface area contributed by atoms with E-state index in [1.54, 1.807) is 22.8 Å². The lowest BCUT2D eigenvalue weighted by molar-refractivity contribution is 0.488. The van der Waals surface area contributed by atoms with Gasteiger partial charge in [-0.1, -0.05) is 0 Å². The van der Waals surface area contributed by atoms with Crippen molar-refractivity contribution < 1.29 is 4.39 Å². The summed E-state index contributed by atoms with van der Waals surface area (Å²) in [6.45, 7) is 1.58. The molecule has 1 aliphatic rings. The molecule has 5 nitrogen and oxygen atoms in total. The summed E-state index contributed by atoms with van der Waals surface area (Å²) < 4.78 is 15.0. The van der Waals surface area contributed by atoms with Crippen LogP contribution >= 0.6 is 0 Å². The van der Waals surface area contributed by atoms with Crippen LogP contribution in [-0.2, 0) is 0 Å². The fourth-order valence-corrected chi connectivity index (χ4v) is 3.18. The number of benzene rings is 1. The lowest BCUT2D eigenvalue weighted by Gasteiger charge is -2.31. The first-order valence-electron chi connectivity index (χ1n) is 8.00. The fourth-order valence-electron chi connectivity index (χ4n) is 3.18. The molecule has 0 aliphatic carbocycles. The molecule has 3 aromatic rings. The van der Waals surface area contributed by atoms with Crippen LogP contribution in [0.1, 0.15) is 12.8 Å². The van der Waals surface area contributed by atoms with E-state index >= 15 is 0 Å². The van der Waals surface area contributed by atoms with Crippen LogP contribution in [0.3, 0.4) is 0 Å². The number of aromatic nitrogens is 3. The lowest BCUT2D eigenvalue weighted by Crippen LogP contribution is -2.36. The molecule has 6 heteroatoms. The number of piperidine rings is 1. The molecule has 0 unspecified atom stereocenters. The molecule has 1 aliphatic heterocycles. The molecule has 0 spiro atoms. The van der Waals surface area contributed by atoms with Crippen LogP contribution in [0.2, 0.25) is 0 Å². The van der Waals surface area contributed by atoms with Gasteiger partial charge in [-0.3, -0.25) is 0 Å². The third-order valence-corrected chi connectivity index (χ3v) is 4.41. The molecule has 1 saturated heterocycles. The molecule has 24 heavy (non-hydrogen) atoms. The Hall–Kier alpha value is -2.94. The number of nitrogens with zero attached hydrogens (tertiary/aromatic N) is 5. The monoisotopic (exact) mass is 321 g/mol. The second-order valence-electron chi connectivity index (χ2n) is 6.02. The molecule has 0 amide bonds. The Labute approximate surface area is 139 Å². The van der Waals surface area contributed by atoms with Crippen molar-refractivity contribution in [3.8, 4) is 17.3 Å². The second kappa shape index (κ2) is 5.93. The van der Waals surface area contributed by atoms with Gasteiger partial charge in [-0.2, -0.15) is 14.9 Å². The number of fused-ring (bicyclic) bond motifs is 1. The van der Waals surface area contributed by atoms with Crippen LogP contribution < -0.4 is 4.90 Å². The van der Waals surface area contributed by atoms with E-state index in [-0.39, 0.29) is 11.7 Å². The topological polar surface area (TPSA) is 57.2 Å². The normalized spacial score (nSPS) is 17.8. The zero-order chi connectivity index (χ0) is 16.5. The summed E-state index contributed by atoms with van der Waals surface area (Å²) in [5.41, 5.74) is 2.37. The first-order chi connectivity index (χ1) is 11.7. The van der Waals surface area contributed by atoms with E-state index < -0.39 is 0 Å². The molecule has 1 fully saturated rings. The minimum Gasteiger partial charge on any atom is -0.355 e.